The average molecular weight is 245 g/mol. The molecule has 1 N–H and O–H groups in total. The van der Waals surface area contributed by atoms with E-state index in [0.717, 1.165) is 31.9 Å². The second-order valence-corrected chi connectivity index (χ2v) is 4.97. The number of nitrogens with zero attached hydrogens (tertiary/aromatic N) is 3. The molecule has 0 aromatic carbocycles. The number of aryl methyl sites for hydroxylation is 1. The van der Waals surface area contributed by atoms with Crippen molar-refractivity contribution in [2.24, 2.45) is 5.92 Å². The van der Waals surface area contributed by atoms with Crippen molar-refractivity contribution in [1.29, 1.82) is 0 Å². The molecule has 1 heterocycles. The lowest BCUT2D eigenvalue weighted by Gasteiger charge is -2.12. The second kappa shape index (κ2) is 6.86. The molecule has 1 aromatic heterocycles. The SMILES string of the molecule is CCn1ncnc1CNCC(Cl)CC(C)C. The molecule has 5 heteroatoms. The highest BCUT2D eigenvalue weighted by Crippen LogP contribution is 2.09. The van der Waals surface area contributed by atoms with Crippen molar-refractivity contribution in [2.75, 3.05) is 6.54 Å². The minimum Gasteiger partial charge on any atom is -0.308 e. The molecule has 0 radical (unpaired) electrons. The standard InChI is InChI=1S/C11H21ClN4/c1-4-16-11(14-8-15-16)7-13-6-10(12)5-9(2)3/h8-10,13H,4-7H2,1-3H3. The Bertz CT molecular complexity index is 298. The third kappa shape index (κ3) is 4.49. The topological polar surface area (TPSA) is 42.7 Å². The third-order valence-electron chi connectivity index (χ3n) is 2.37. The van der Waals surface area contributed by atoms with Gasteiger partial charge in [-0.05, 0) is 19.3 Å². The van der Waals surface area contributed by atoms with Crippen LogP contribution in [0.25, 0.3) is 0 Å². The Labute approximate surface area is 102 Å². The van der Waals surface area contributed by atoms with E-state index in [1.54, 1.807) is 6.33 Å². The van der Waals surface area contributed by atoms with E-state index < -0.39 is 0 Å². The van der Waals surface area contributed by atoms with E-state index in [1.807, 2.05) is 4.68 Å². The van der Waals surface area contributed by atoms with Gasteiger partial charge in [0.25, 0.3) is 0 Å². The van der Waals surface area contributed by atoms with Gasteiger partial charge in [-0.2, -0.15) is 5.10 Å². The fourth-order valence-electron chi connectivity index (χ4n) is 1.62. The number of hydrogen-bond donors (Lipinski definition) is 1. The predicted molar refractivity (Wildman–Crippen MR) is 66.5 cm³/mol. The molecule has 0 spiro atoms. The van der Waals surface area contributed by atoms with Gasteiger partial charge in [0.05, 0.1) is 6.54 Å². The van der Waals surface area contributed by atoms with Gasteiger partial charge in [-0.25, -0.2) is 9.67 Å². The minimum absolute atomic E-state index is 0.193. The molecule has 0 aliphatic carbocycles. The first-order valence-electron chi connectivity index (χ1n) is 5.85. The molecular weight excluding hydrogens is 224 g/mol. The monoisotopic (exact) mass is 244 g/mol. The molecule has 1 unspecified atom stereocenters. The number of halogens is 1. The lowest BCUT2D eigenvalue weighted by molar-refractivity contribution is 0.518. The fraction of sp³-hybridized carbons (Fsp3) is 0.818. The van der Waals surface area contributed by atoms with Gasteiger partial charge < -0.3 is 5.32 Å². The van der Waals surface area contributed by atoms with E-state index in [2.05, 4.69) is 36.2 Å². The van der Waals surface area contributed by atoms with Crippen LogP contribution in [-0.4, -0.2) is 26.7 Å². The highest BCUT2D eigenvalue weighted by atomic mass is 35.5. The van der Waals surface area contributed by atoms with Crippen molar-refractivity contribution >= 4 is 11.6 Å². The minimum atomic E-state index is 0.193. The van der Waals surface area contributed by atoms with Crippen LogP contribution >= 0.6 is 11.6 Å². The third-order valence-corrected chi connectivity index (χ3v) is 2.70. The molecular formula is C11H21ClN4. The molecule has 1 aromatic rings. The maximum atomic E-state index is 6.18. The van der Waals surface area contributed by atoms with Crippen molar-refractivity contribution in [3.63, 3.8) is 0 Å². The van der Waals surface area contributed by atoms with Gasteiger partial charge in [0.1, 0.15) is 12.2 Å². The van der Waals surface area contributed by atoms with Gasteiger partial charge in [-0.3, -0.25) is 0 Å². The number of nitrogens with one attached hydrogen (secondary N) is 1. The summed E-state index contributed by atoms with van der Waals surface area (Å²) in [6.45, 7) is 8.83. The zero-order valence-corrected chi connectivity index (χ0v) is 11.0. The molecule has 92 valence electrons. The molecule has 0 saturated carbocycles. The lowest BCUT2D eigenvalue weighted by Crippen LogP contribution is -2.25. The molecule has 4 nitrogen and oxygen atoms in total. The Balaban J connectivity index is 2.25. The Hall–Kier alpha value is -0.610. The maximum Gasteiger partial charge on any atom is 0.140 e. The Morgan fingerprint density at radius 1 is 1.50 bits per heavy atom. The number of hydrogen-bond acceptors (Lipinski definition) is 3. The van der Waals surface area contributed by atoms with E-state index >= 15 is 0 Å². The van der Waals surface area contributed by atoms with Gasteiger partial charge in [0, 0.05) is 18.5 Å². The first kappa shape index (κ1) is 13.5. The van der Waals surface area contributed by atoms with E-state index in [-0.39, 0.29) is 5.38 Å². The highest BCUT2D eigenvalue weighted by Gasteiger charge is 2.08. The van der Waals surface area contributed by atoms with Crippen LogP contribution in [0, 0.1) is 5.92 Å². The summed E-state index contributed by atoms with van der Waals surface area (Å²) < 4.78 is 1.89. The summed E-state index contributed by atoms with van der Waals surface area (Å²) in [7, 11) is 0. The quantitative estimate of drug-likeness (QED) is 0.747. The molecule has 1 rings (SSSR count). The molecule has 0 bridgehead atoms. The molecule has 0 aliphatic heterocycles. The van der Waals surface area contributed by atoms with E-state index in [9.17, 15) is 0 Å². The first-order valence-corrected chi connectivity index (χ1v) is 6.28. The molecule has 0 amide bonds. The van der Waals surface area contributed by atoms with Gasteiger partial charge in [0.2, 0.25) is 0 Å². The Morgan fingerprint density at radius 2 is 2.25 bits per heavy atom. The second-order valence-electron chi connectivity index (χ2n) is 4.35. The summed E-state index contributed by atoms with van der Waals surface area (Å²) >= 11 is 6.18. The maximum absolute atomic E-state index is 6.18. The van der Waals surface area contributed by atoms with Gasteiger partial charge in [-0.15, -0.1) is 11.6 Å². The van der Waals surface area contributed by atoms with Crippen LogP contribution in [0.4, 0.5) is 0 Å². The molecule has 0 fully saturated rings. The van der Waals surface area contributed by atoms with Crippen LogP contribution < -0.4 is 5.32 Å². The van der Waals surface area contributed by atoms with Crippen molar-refractivity contribution in [3.8, 4) is 0 Å². The summed E-state index contributed by atoms with van der Waals surface area (Å²) in [4.78, 5) is 4.19. The Kier molecular flexibility index (Phi) is 5.77. The van der Waals surface area contributed by atoms with Crippen molar-refractivity contribution in [1.82, 2.24) is 20.1 Å². The zero-order valence-electron chi connectivity index (χ0n) is 10.3. The van der Waals surface area contributed by atoms with Crippen molar-refractivity contribution in [2.45, 2.75) is 45.7 Å². The van der Waals surface area contributed by atoms with Crippen LogP contribution in [0.15, 0.2) is 6.33 Å². The highest BCUT2D eigenvalue weighted by molar-refractivity contribution is 6.20. The summed E-state index contributed by atoms with van der Waals surface area (Å²) in [5.41, 5.74) is 0. The van der Waals surface area contributed by atoms with Crippen LogP contribution in [0.2, 0.25) is 0 Å². The summed E-state index contributed by atoms with van der Waals surface area (Å²) in [5, 5.41) is 7.62. The number of aromatic nitrogens is 3. The van der Waals surface area contributed by atoms with Gasteiger partial charge >= 0.3 is 0 Å². The van der Waals surface area contributed by atoms with Crippen molar-refractivity contribution < 1.29 is 0 Å². The molecule has 0 saturated heterocycles. The van der Waals surface area contributed by atoms with Gasteiger partial charge in [0.15, 0.2) is 0 Å². The van der Waals surface area contributed by atoms with E-state index in [1.165, 1.54) is 0 Å². The van der Waals surface area contributed by atoms with Crippen LogP contribution in [0.1, 0.15) is 33.0 Å². The molecule has 1 atom stereocenters. The van der Waals surface area contributed by atoms with Crippen LogP contribution in [-0.2, 0) is 13.1 Å². The molecule has 0 aliphatic rings. The van der Waals surface area contributed by atoms with Gasteiger partial charge in [-0.1, -0.05) is 13.8 Å². The van der Waals surface area contributed by atoms with E-state index in [0.29, 0.717) is 5.92 Å². The smallest absolute Gasteiger partial charge is 0.140 e. The first-order chi connectivity index (χ1) is 7.63. The van der Waals surface area contributed by atoms with Crippen LogP contribution in [0.3, 0.4) is 0 Å². The van der Waals surface area contributed by atoms with Crippen molar-refractivity contribution in [3.05, 3.63) is 12.2 Å². The molecule has 16 heavy (non-hydrogen) atoms. The zero-order chi connectivity index (χ0) is 12.0. The Morgan fingerprint density at radius 3 is 2.88 bits per heavy atom. The lowest BCUT2D eigenvalue weighted by atomic mass is 10.1. The summed E-state index contributed by atoms with van der Waals surface area (Å²) in [5.74, 6) is 1.61. The van der Waals surface area contributed by atoms with E-state index in [4.69, 9.17) is 11.6 Å². The average Bonchev–Trinajstić information content (AvgIpc) is 2.64. The number of rotatable bonds is 7. The number of alkyl halides is 1. The van der Waals surface area contributed by atoms with Crippen LogP contribution in [0.5, 0.6) is 0 Å². The summed E-state index contributed by atoms with van der Waals surface area (Å²) in [6.07, 6.45) is 2.63. The normalized spacial score (nSPS) is 13.3. The fourth-order valence-corrected chi connectivity index (χ4v) is 2.09. The summed E-state index contributed by atoms with van der Waals surface area (Å²) in [6, 6.07) is 0. The largest absolute Gasteiger partial charge is 0.308 e. The predicted octanol–water partition coefficient (Wildman–Crippen LogP) is 2.04.